The number of aromatic nitrogens is 6. The second-order valence-corrected chi connectivity index (χ2v) is 7.32. The smallest absolute Gasteiger partial charge is 0.341 e. The van der Waals surface area contributed by atoms with E-state index >= 15 is 0 Å². The summed E-state index contributed by atoms with van der Waals surface area (Å²) in [7, 11) is 0. The lowest BCUT2D eigenvalue weighted by Crippen LogP contribution is -2.27. The maximum Gasteiger partial charge on any atom is 0.341 e. The summed E-state index contributed by atoms with van der Waals surface area (Å²) in [4.78, 5) is 21.9. The third-order valence-corrected chi connectivity index (χ3v) is 5.13. The van der Waals surface area contributed by atoms with Crippen LogP contribution in [0.4, 0.5) is 5.82 Å². The lowest BCUT2D eigenvalue weighted by Gasteiger charge is -2.25. The molecular formula is C23H23N7O2. The molecule has 0 aliphatic rings. The number of aromatic amines is 1. The molecule has 0 unspecified atom stereocenters. The number of hydrogen-bond acceptors (Lipinski definition) is 7. The molecule has 0 spiro atoms. The highest BCUT2D eigenvalue weighted by atomic mass is 16.4. The number of carbonyl (C=O) groups is 1. The Bertz CT molecular complexity index is 1180. The third kappa shape index (κ3) is 4.61. The van der Waals surface area contributed by atoms with Crippen LogP contribution < -0.4 is 4.90 Å². The molecule has 0 saturated heterocycles. The molecule has 4 rings (SSSR count). The van der Waals surface area contributed by atoms with Crippen LogP contribution in [-0.4, -0.2) is 48.2 Å². The normalized spacial score (nSPS) is 10.8. The van der Waals surface area contributed by atoms with Gasteiger partial charge in [-0.2, -0.15) is 5.21 Å². The van der Waals surface area contributed by atoms with E-state index < -0.39 is 5.97 Å². The fourth-order valence-electron chi connectivity index (χ4n) is 3.58. The number of nitrogens with one attached hydrogen (secondary N) is 1. The summed E-state index contributed by atoms with van der Waals surface area (Å²) >= 11 is 0. The van der Waals surface area contributed by atoms with E-state index in [1.54, 1.807) is 0 Å². The predicted octanol–water partition coefficient (Wildman–Crippen LogP) is 3.83. The molecule has 2 heterocycles. The minimum Gasteiger partial charge on any atom is -0.477 e. The number of tetrazole rings is 1. The van der Waals surface area contributed by atoms with Gasteiger partial charge in [-0.3, -0.25) is 0 Å². The van der Waals surface area contributed by atoms with Gasteiger partial charge in [-0.25, -0.2) is 14.8 Å². The molecule has 0 saturated carbocycles. The zero-order valence-corrected chi connectivity index (χ0v) is 17.6. The first-order chi connectivity index (χ1) is 15.7. The Morgan fingerprint density at radius 3 is 2.69 bits per heavy atom. The van der Waals surface area contributed by atoms with Crippen LogP contribution in [0.15, 0.2) is 61.1 Å². The van der Waals surface area contributed by atoms with Gasteiger partial charge in [0.1, 0.15) is 17.7 Å². The number of carboxylic acids is 1. The zero-order chi connectivity index (χ0) is 22.3. The van der Waals surface area contributed by atoms with Crippen molar-refractivity contribution in [1.82, 2.24) is 30.6 Å². The summed E-state index contributed by atoms with van der Waals surface area (Å²) in [6, 6.07) is 16.1. The van der Waals surface area contributed by atoms with E-state index in [9.17, 15) is 9.90 Å². The summed E-state index contributed by atoms with van der Waals surface area (Å²) < 4.78 is 0. The summed E-state index contributed by atoms with van der Waals surface area (Å²) in [6.07, 6.45) is 4.60. The molecule has 4 aromatic rings. The van der Waals surface area contributed by atoms with Gasteiger partial charge in [-0.05, 0) is 34.4 Å². The van der Waals surface area contributed by atoms with E-state index in [0.717, 1.165) is 35.1 Å². The standard InChI is InChI=1S/C23H23N7O2/c1-2-3-11-30(22-20(23(31)32)13-24-15-25-22)14-16-9-10-18(17-7-5-4-6-8-17)19(12-16)21-26-28-29-27-21/h4-10,12-13,15H,2-3,11,14H2,1H3,(H,31,32)(H,26,27,28,29). The van der Waals surface area contributed by atoms with Gasteiger partial charge in [-0.15, -0.1) is 10.2 Å². The first-order valence-electron chi connectivity index (χ1n) is 10.4. The maximum atomic E-state index is 11.7. The average Bonchev–Trinajstić information content (AvgIpc) is 3.37. The van der Waals surface area contributed by atoms with Crippen molar-refractivity contribution in [3.05, 3.63) is 72.2 Å². The highest BCUT2D eigenvalue weighted by molar-refractivity contribution is 5.92. The summed E-state index contributed by atoms with van der Waals surface area (Å²) in [5, 5.41) is 24.2. The minimum absolute atomic E-state index is 0.0860. The molecule has 0 bridgehead atoms. The molecule has 2 N–H and O–H groups in total. The Morgan fingerprint density at radius 1 is 1.12 bits per heavy atom. The Balaban J connectivity index is 1.74. The number of benzene rings is 2. The Morgan fingerprint density at radius 2 is 1.97 bits per heavy atom. The fraction of sp³-hybridized carbons (Fsp3) is 0.217. The van der Waals surface area contributed by atoms with Crippen molar-refractivity contribution in [2.75, 3.05) is 11.4 Å². The van der Waals surface area contributed by atoms with Gasteiger partial charge in [0.05, 0.1) is 0 Å². The molecule has 0 atom stereocenters. The van der Waals surface area contributed by atoms with Gasteiger partial charge in [0, 0.05) is 24.8 Å². The van der Waals surface area contributed by atoms with E-state index in [-0.39, 0.29) is 5.56 Å². The molecule has 0 amide bonds. The largest absolute Gasteiger partial charge is 0.477 e. The van der Waals surface area contributed by atoms with Crippen LogP contribution in [0, 0.1) is 0 Å². The molecular weight excluding hydrogens is 406 g/mol. The number of H-pyrrole nitrogens is 1. The van der Waals surface area contributed by atoms with Crippen molar-refractivity contribution in [2.24, 2.45) is 0 Å². The van der Waals surface area contributed by atoms with Crippen LogP contribution in [0.3, 0.4) is 0 Å². The third-order valence-electron chi connectivity index (χ3n) is 5.13. The number of anilines is 1. The number of aromatic carboxylic acids is 1. The van der Waals surface area contributed by atoms with Crippen molar-refractivity contribution >= 4 is 11.8 Å². The molecule has 162 valence electrons. The van der Waals surface area contributed by atoms with Crippen LogP contribution in [0.5, 0.6) is 0 Å². The Labute approximate surface area is 185 Å². The molecule has 0 fully saturated rings. The van der Waals surface area contributed by atoms with E-state index in [0.29, 0.717) is 24.7 Å². The van der Waals surface area contributed by atoms with E-state index in [1.807, 2.05) is 53.4 Å². The lowest BCUT2D eigenvalue weighted by molar-refractivity contribution is 0.0696. The number of hydrogen-bond donors (Lipinski definition) is 2. The molecule has 9 heteroatoms. The van der Waals surface area contributed by atoms with Crippen LogP contribution in [-0.2, 0) is 6.54 Å². The molecule has 0 aliphatic heterocycles. The van der Waals surface area contributed by atoms with Gasteiger partial charge < -0.3 is 10.0 Å². The molecule has 0 radical (unpaired) electrons. The van der Waals surface area contributed by atoms with Gasteiger partial charge in [-0.1, -0.05) is 55.8 Å². The Hall–Kier alpha value is -4.14. The molecule has 9 nitrogen and oxygen atoms in total. The SMILES string of the molecule is CCCCN(Cc1ccc(-c2ccccc2)c(-c2nn[nH]n2)c1)c1ncncc1C(=O)O. The second kappa shape index (κ2) is 9.78. The van der Waals surface area contributed by atoms with Crippen LogP contribution in [0.2, 0.25) is 0 Å². The molecule has 32 heavy (non-hydrogen) atoms. The number of unbranched alkanes of at least 4 members (excludes halogenated alkanes) is 1. The van der Waals surface area contributed by atoms with Crippen LogP contribution in [0.25, 0.3) is 22.5 Å². The molecule has 2 aromatic heterocycles. The first-order valence-corrected chi connectivity index (χ1v) is 10.4. The maximum absolute atomic E-state index is 11.7. The van der Waals surface area contributed by atoms with Gasteiger partial charge in [0.2, 0.25) is 5.82 Å². The quantitative estimate of drug-likeness (QED) is 0.412. The van der Waals surface area contributed by atoms with Crippen molar-refractivity contribution < 1.29 is 9.90 Å². The number of rotatable bonds is 9. The van der Waals surface area contributed by atoms with E-state index in [1.165, 1.54) is 12.5 Å². The predicted molar refractivity (Wildman–Crippen MR) is 120 cm³/mol. The highest BCUT2D eigenvalue weighted by Crippen LogP contribution is 2.31. The number of carboxylic acid groups (broad SMARTS) is 1. The second-order valence-electron chi connectivity index (χ2n) is 7.32. The van der Waals surface area contributed by atoms with Crippen molar-refractivity contribution in [2.45, 2.75) is 26.3 Å². The average molecular weight is 429 g/mol. The van der Waals surface area contributed by atoms with Crippen molar-refractivity contribution in [3.8, 4) is 22.5 Å². The van der Waals surface area contributed by atoms with Gasteiger partial charge in [0.15, 0.2) is 0 Å². The van der Waals surface area contributed by atoms with E-state index in [2.05, 4.69) is 37.5 Å². The highest BCUT2D eigenvalue weighted by Gasteiger charge is 2.19. The first kappa shape index (κ1) is 21.1. The summed E-state index contributed by atoms with van der Waals surface area (Å²) in [5.41, 5.74) is 3.95. The molecule has 2 aromatic carbocycles. The van der Waals surface area contributed by atoms with Gasteiger partial charge in [0.25, 0.3) is 0 Å². The lowest BCUT2D eigenvalue weighted by atomic mass is 9.97. The van der Waals surface area contributed by atoms with E-state index in [4.69, 9.17) is 0 Å². The Kier molecular flexibility index (Phi) is 6.45. The fourth-order valence-corrected chi connectivity index (χ4v) is 3.58. The molecule has 0 aliphatic carbocycles. The zero-order valence-electron chi connectivity index (χ0n) is 17.6. The van der Waals surface area contributed by atoms with Crippen molar-refractivity contribution in [3.63, 3.8) is 0 Å². The summed E-state index contributed by atoms with van der Waals surface area (Å²) in [5.74, 6) is -0.137. The summed E-state index contributed by atoms with van der Waals surface area (Å²) in [6.45, 7) is 3.25. The van der Waals surface area contributed by atoms with Gasteiger partial charge >= 0.3 is 5.97 Å². The van der Waals surface area contributed by atoms with Crippen molar-refractivity contribution in [1.29, 1.82) is 0 Å². The number of nitrogens with zero attached hydrogens (tertiary/aromatic N) is 6. The monoisotopic (exact) mass is 429 g/mol. The minimum atomic E-state index is -1.05. The van der Waals surface area contributed by atoms with Crippen LogP contribution >= 0.6 is 0 Å². The van der Waals surface area contributed by atoms with Crippen LogP contribution in [0.1, 0.15) is 35.7 Å². The topological polar surface area (TPSA) is 121 Å².